The van der Waals surface area contributed by atoms with Crippen LogP contribution in [0.2, 0.25) is 0 Å². The molecule has 1 aromatic carbocycles. The van der Waals surface area contributed by atoms with Crippen LogP contribution >= 0.6 is 11.3 Å². The summed E-state index contributed by atoms with van der Waals surface area (Å²) in [6, 6.07) is 6.45. The minimum absolute atomic E-state index is 0.219. The molecule has 5 heteroatoms. The van der Waals surface area contributed by atoms with Crippen LogP contribution < -0.4 is 5.32 Å². The lowest BCUT2D eigenvalue weighted by Crippen LogP contribution is -2.15. The van der Waals surface area contributed by atoms with E-state index in [9.17, 15) is 4.39 Å². The molecule has 1 aromatic heterocycles. The summed E-state index contributed by atoms with van der Waals surface area (Å²) in [7, 11) is 1.72. The molecule has 0 saturated heterocycles. The van der Waals surface area contributed by atoms with Crippen molar-refractivity contribution >= 4 is 11.3 Å². The first-order valence-electron chi connectivity index (χ1n) is 6.69. The van der Waals surface area contributed by atoms with Crippen LogP contribution in [0.25, 0.3) is 10.6 Å². The standard InChI is InChI=1S/C15H19FN2OS/c1-19-9-3-2-8-17-10-14-11-20-15(18-14)12-4-6-13(16)7-5-12/h4-7,11,17H,2-3,8-10H2,1H3. The van der Waals surface area contributed by atoms with Crippen molar-refractivity contribution in [3.8, 4) is 10.6 Å². The van der Waals surface area contributed by atoms with E-state index in [1.807, 2.05) is 5.38 Å². The zero-order valence-electron chi connectivity index (χ0n) is 11.6. The third-order valence-electron chi connectivity index (χ3n) is 2.90. The predicted molar refractivity (Wildman–Crippen MR) is 80.3 cm³/mol. The van der Waals surface area contributed by atoms with Crippen molar-refractivity contribution < 1.29 is 9.13 Å². The van der Waals surface area contributed by atoms with Gasteiger partial charge in [0, 0.05) is 31.2 Å². The smallest absolute Gasteiger partial charge is 0.123 e. The van der Waals surface area contributed by atoms with Crippen molar-refractivity contribution in [3.05, 3.63) is 41.2 Å². The van der Waals surface area contributed by atoms with E-state index < -0.39 is 0 Å². The molecule has 0 aliphatic rings. The van der Waals surface area contributed by atoms with Gasteiger partial charge >= 0.3 is 0 Å². The first-order chi connectivity index (χ1) is 9.79. The van der Waals surface area contributed by atoms with Crippen LogP contribution in [0.4, 0.5) is 4.39 Å². The molecule has 2 aromatic rings. The number of unbranched alkanes of at least 4 members (excludes halogenated alkanes) is 1. The van der Waals surface area contributed by atoms with Crippen LogP contribution in [-0.2, 0) is 11.3 Å². The summed E-state index contributed by atoms with van der Waals surface area (Å²) >= 11 is 1.59. The molecular formula is C15H19FN2OS. The van der Waals surface area contributed by atoms with Gasteiger partial charge in [0.1, 0.15) is 10.8 Å². The van der Waals surface area contributed by atoms with Crippen molar-refractivity contribution in [2.24, 2.45) is 0 Å². The van der Waals surface area contributed by atoms with Gasteiger partial charge in [-0.2, -0.15) is 0 Å². The number of nitrogens with one attached hydrogen (secondary N) is 1. The van der Waals surface area contributed by atoms with Gasteiger partial charge in [0.15, 0.2) is 0 Å². The molecule has 0 amide bonds. The van der Waals surface area contributed by atoms with E-state index in [0.29, 0.717) is 0 Å². The zero-order valence-corrected chi connectivity index (χ0v) is 12.4. The quantitative estimate of drug-likeness (QED) is 0.757. The average molecular weight is 294 g/mol. The van der Waals surface area contributed by atoms with Crippen molar-refractivity contribution in [1.82, 2.24) is 10.3 Å². The first kappa shape index (κ1) is 15.1. The second-order valence-electron chi connectivity index (χ2n) is 4.53. The fraction of sp³-hybridized carbons (Fsp3) is 0.400. The summed E-state index contributed by atoms with van der Waals surface area (Å²) in [5.41, 5.74) is 1.99. The topological polar surface area (TPSA) is 34.1 Å². The van der Waals surface area contributed by atoms with Crippen molar-refractivity contribution in [3.63, 3.8) is 0 Å². The summed E-state index contributed by atoms with van der Waals surface area (Å²) in [5, 5.41) is 6.34. The maximum atomic E-state index is 12.9. The van der Waals surface area contributed by atoms with Gasteiger partial charge in [0.05, 0.1) is 5.69 Å². The number of halogens is 1. The van der Waals surface area contributed by atoms with E-state index in [-0.39, 0.29) is 5.82 Å². The number of benzene rings is 1. The molecule has 0 spiro atoms. The lowest BCUT2D eigenvalue weighted by Gasteiger charge is -2.02. The fourth-order valence-electron chi connectivity index (χ4n) is 1.83. The maximum Gasteiger partial charge on any atom is 0.123 e. The molecule has 0 aliphatic heterocycles. The lowest BCUT2D eigenvalue weighted by molar-refractivity contribution is 0.192. The number of hydrogen-bond donors (Lipinski definition) is 1. The number of ether oxygens (including phenoxy) is 1. The second-order valence-corrected chi connectivity index (χ2v) is 5.39. The summed E-state index contributed by atoms with van der Waals surface area (Å²) in [6.07, 6.45) is 2.17. The van der Waals surface area contributed by atoms with Gasteiger partial charge in [-0.05, 0) is 43.7 Å². The third-order valence-corrected chi connectivity index (χ3v) is 3.84. The molecule has 0 atom stereocenters. The number of aromatic nitrogens is 1. The number of rotatable bonds is 8. The Morgan fingerprint density at radius 2 is 2.05 bits per heavy atom. The van der Waals surface area contributed by atoms with Crippen LogP contribution in [0.1, 0.15) is 18.5 Å². The van der Waals surface area contributed by atoms with E-state index in [4.69, 9.17) is 4.74 Å². The summed E-state index contributed by atoms with van der Waals surface area (Å²) in [6.45, 7) is 2.55. The SMILES string of the molecule is COCCCCNCc1csc(-c2ccc(F)cc2)n1. The van der Waals surface area contributed by atoms with Crippen LogP contribution in [0.5, 0.6) is 0 Å². The Labute approximate surface area is 122 Å². The molecule has 0 fully saturated rings. The molecule has 0 bridgehead atoms. The number of nitrogens with zero attached hydrogens (tertiary/aromatic N) is 1. The Balaban J connectivity index is 1.79. The second kappa shape index (κ2) is 8.09. The highest BCUT2D eigenvalue weighted by Gasteiger charge is 2.04. The highest BCUT2D eigenvalue weighted by atomic mass is 32.1. The molecular weight excluding hydrogens is 275 g/mol. The van der Waals surface area contributed by atoms with Crippen molar-refractivity contribution in [2.45, 2.75) is 19.4 Å². The molecule has 0 saturated carbocycles. The highest BCUT2D eigenvalue weighted by molar-refractivity contribution is 7.13. The molecule has 1 heterocycles. The van der Waals surface area contributed by atoms with Crippen LogP contribution in [0.3, 0.4) is 0 Å². The van der Waals surface area contributed by atoms with Gasteiger partial charge < -0.3 is 10.1 Å². The molecule has 1 N–H and O–H groups in total. The molecule has 0 aliphatic carbocycles. The van der Waals surface area contributed by atoms with Crippen molar-refractivity contribution in [1.29, 1.82) is 0 Å². The molecule has 20 heavy (non-hydrogen) atoms. The van der Waals surface area contributed by atoms with Crippen LogP contribution in [-0.4, -0.2) is 25.2 Å². The van der Waals surface area contributed by atoms with Gasteiger partial charge in [-0.25, -0.2) is 9.37 Å². The minimum atomic E-state index is -0.219. The first-order valence-corrected chi connectivity index (χ1v) is 7.57. The number of thiazole rings is 1. The largest absolute Gasteiger partial charge is 0.385 e. The van der Waals surface area contributed by atoms with E-state index >= 15 is 0 Å². The molecule has 0 unspecified atom stereocenters. The number of methoxy groups -OCH3 is 1. The Bertz CT molecular complexity index is 513. The minimum Gasteiger partial charge on any atom is -0.385 e. The molecule has 0 radical (unpaired) electrons. The van der Waals surface area contributed by atoms with E-state index in [1.54, 1.807) is 30.6 Å². The maximum absolute atomic E-state index is 12.9. The zero-order chi connectivity index (χ0) is 14.2. The summed E-state index contributed by atoms with van der Waals surface area (Å²) < 4.78 is 17.9. The summed E-state index contributed by atoms with van der Waals surface area (Å²) in [4.78, 5) is 4.55. The van der Waals surface area contributed by atoms with Gasteiger partial charge in [0.2, 0.25) is 0 Å². The van der Waals surface area contributed by atoms with Gasteiger partial charge in [0.25, 0.3) is 0 Å². The Morgan fingerprint density at radius 3 is 2.80 bits per heavy atom. The van der Waals surface area contributed by atoms with Gasteiger partial charge in [-0.15, -0.1) is 11.3 Å². The normalized spacial score (nSPS) is 10.9. The van der Waals surface area contributed by atoms with Gasteiger partial charge in [-0.1, -0.05) is 0 Å². The molecule has 2 rings (SSSR count). The Kier molecular flexibility index (Phi) is 6.11. The Hall–Kier alpha value is -1.30. The third kappa shape index (κ3) is 4.67. The lowest BCUT2D eigenvalue weighted by atomic mass is 10.2. The van der Waals surface area contributed by atoms with E-state index in [2.05, 4.69) is 10.3 Å². The van der Waals surface area contributed by atoms with E-state index in [1.165, 1.54) is 12.1 Å². The van der Waals surface area contributed by atoms with E-state index in [0.717, 1.165) is 48.8 Å². The average Bonchev–Trinajstić information content (AvgIpc) is 2.92. The molecule has 108 valence electrons. The fourth-order valence-corrected chi connectivity index (χ4v) is 2.65. The van der Waals surface area contributed by atoms with Gasteiger partial charge in [-0.3, -0.25) is 0 Å². The predicted octanol–water partition coefficient (Wildman–Crippen LogP) is 3.47. The van der Waals surface area contributed by atoms with Crippen LogP contribution in [0, 0.1) is 5.82 Å². The van der Waals surface area contributed by atoms with Crippen molar-refractivity contribution in [2.75, 3.05) is 20.3 Å². The number of hydrogen-bond acceptors (Lipinski definition) is 4. The highest BCUT2D eigenvalue weighted by Crippen LogP contribution is 2.23. The summed E-state index contributed by atoms with van der Waals surface area (Å²) in [5.74, 6) is -0.219. The molecule has 3 nitrogen and oxygen atoms in total. The Morgan fingerprint density at radius 1 is 1.25 bits per heavy atom. The van der Waals surface area contributed by atoms with Crippen LogP contribution in [0.15, 0.2) is 29.6 Å². The monoisotopic (exact) mass is 294 g/mol.